The maximum atomic E-state index is 12.2. The van der Waals surface area contributed by atoms with Crippen molar-refractivity contribution in [3.63, 3.8) is 0 Å². The molecule has 0 atom stereocenters. The molecule has 6 nitrogen and oxygen atoms in total. The number of benzene rings is 1. The number of carbonyl (C=O) groups excluding carboxylic acids is 3. The lowest BCUT2D eigenvalue weighted by Gasteiger charge is -2.30. The van der Waals surface area contributed by atoms with Gasteiger partial charge in [-0.25, -0.2) is 0 Å². The lowest BCUT2D eigenvalue weighted by molar-refractivity contribution is -0.148. The molecule has 26 heavy (non-hydrogen) atoms. The van der Waals surface area contributed by atoms with Crippen LogP contribution in [0.25, 0.3) is 0 Å². The van der Waals surface area contributed by atoms with Crippen LogP contribution in [-0.2, 0) is 14.3 Å². The summed E-state index contributed by atoms with van der Waals surface area (Å²) < 4.78 is 4.76. The third-order valence-electron chi connectivity index (χ3n) is 4.77. The van der Waals surface area contributed by atoms with Gasteiger partial charge in [0, 0.05) is 31.6 Å². The fraction of sp³-hybridized carbons (Fsp3) is 0.550. The Morgan fingerprint density at radius 1 is 1.08 bits per heavy atom. The largest absolute Gasteiger partial charge is 0.469 e. The number of unbranched alkanes of at least 4 members (excludes halogenated alkanes) is 2. The van der Waals surface area contributed by atoms with Gasteiger partial charge in [-0.2, -0.15) is 0 Å². The van der Waals surface area contributed by atoms with Crippen LogP contribution in [0.15, 0.2) is 30.3 Å². The van der Waals surface area contributed by atoms with Gasteiger partial charge >= 0.3 is 5.97 Å². The summed E-state index contributed by atoms with van der Waals surface area (Å²) in [6.07, 6.45) is 4.47. The highest BCUT2D eigenvalue weighted by atomic mass is 16.5. The van der Waals surface area contributed by atoms with Gasteiger partial charge in [0.15, 0.2) is 0 Å². The first-order valence-electron chi connectivity index (χ1n) is 9.30. The van der Waals surface area contributed by atoms with Crippen molar-refractivity contribution in [2.24, 2.45) is 5.92 Å². The monoisotopic (exact) mass is 360 g/mol. The second-order valence-corrected chi connectivity index (χ2v) is 6.61. The molecule has 0 bridgehead atoms. The molecule has 2 amide bonds. The molecule has 0 aromatic heterocycles. The summed E-state index contributed by atoms with van der Waals surface area (Å²) in [7, 11) is 1.40. The molecule has 0 radical (unpaired) electrons. The van der Waals surface area contributed by atoms with E-state index in [4.69, 9.17) is 4.74 Å². The van der Waals surface area contributed by atoms with Gasteiger partial charge in [0.1, 0.15) is 0 Å². The highest BCUT2D eigenvalue weighted by Gasteiger charge is 2.27. The minimum atomic E-state index is -0.172. The summed E-state index contributed by atoms with van der Waals surface area (Å²) >= 11 is 0. The molecule has 1 N–H and O–H groups in total. The lowest BCUT2D eigenvalue weighted by atomic mass is 9.96. The van der Waals surface area contributed by atoms with Gasteiger partial charge in [-0.1, -0.05) is 24.6 Å². The summed E-state index contributed by atoms with van der Waals surface area (Å²) in [4.78, 5) is 37.4. The molecule has 1 aliphatic rings. The van der Waals surface area contributed by atoms with Gasteiger partial charge in [0.2, 0.25) is 5.91 Å². The summed E-state index contributed by atoms with van der Waals surface area (Å²) in [6.45, 7) is 1.88. The summed E-state index contributed by atoms with van der Waals surface area (Å²) in [6, 6.07) is 9.14. The Hall–Kier alpha value is -2.37. The zero-order chi connectivity index (χ0) is 18.8. The lowest BCUT2D eigenvalue weighted by Crippen LogP contribution is -2.40. The van der Waals surface area contributed by atoms with Crippen LogP contribution in [0.2, 0.25) is 0 Å². The number of hydrogen-bond acceptors (Lipinski definition) is 4. The fourth-order valence-corrected chi connectivity index (χ4v) is 3.16. The highest BCUT2D eigenvalue weighted by Crippen LogP contribution is 2.19. The number of nitrogens with one attached hydrogen (secondary N) is 1. The fourth-order valence-electron chi connectivity index (χ4n) is 3.16. The normalized spacial score (nSPS) is 14.7. The molecule has 1 fully saturated rings. The third-order valence-corrected chi connectivity index (χ3v) is 4.77. The average molecular weight is 360 g/mol. The van der Waals surface area contributed by atoms with Crippen LogP contribution in [-0.4, -0.2) is 49.4 Å². The number of rotatable bonds is 8. The van der Waals surface area contributed by atoms with Crippen LogP contribution < -0.4 is 5.32 Å². The van der Waals surface area contributed by atoms with Gasteiger partial charge in [-0.15, -0.1) is 0 Å². The van der Waals surface area contributed by atoms with Crippen LogP contribution in [0.1, 0.15) is 48.9 Å². The minimum Gasteiger partial charge on any atom is -0.469 e. The van der Waals surface area contributed by atoms with Crippen LogP contribution in [0, 0.1) is 5.92 Å². The van der Waals surface area contributed by atoms with E-state index in [-0.39, 0.29) is 23.7 Å². The Labute approximate surface area is 154 Å². The predicted molar refractivity (Wildman–Crippen MR) is 98.6 cm³/mol. The molecule has 2 rings (SSSR count). The number of piperidine rings is 1. The van der Waals surface area contributed by atoms with E-state index in [9.17, 15) is 14.4 Å². The average Bonchev–Trinajstić information content (AvgIpc) is 2.70. The molecular weight excluding hydrogens is 332 g/mol. The number of nitrogens with zero attached hydrogens (tertiary/aromatic N) is 1. The molecule has 0 spiro atoms. The Bertz CT molecular complexity index is 595. The van der Waals surface area contributed by atoms with Gasteiger partial charge < -0.3 is 15.0 Å². The topological polar surface area (TPSA) is 75.7 Å². The quantitative estimate of drug-likeness (QED) is 0.570. The van der Waals surface area contributed by atoms with E-state index in [0.717, 1.165) is 19.3 Å². The van der Waals surface area contributed by atoms with Crippen molar-refractivity contribution < 1.29 is 19.1 Å². The molecule has 6 heteroatoms. The van der Waals surface area contributed by atoms with Gasteiger partial charge in [0.25, 0.3) is 5.91 Å². The number of amides is 2. The van der Waals surface area contributed by atoms with E-state index < -0.39 is 0 Å². The van der Waals surface area contributed by atoms with E-state index in [1.165, 1.54) is 7.11 Å². The Balaban J connectivity index is 1.54. The molecular formula is C20H28N2O4. The molecule has 1 aliphatic heterocycles. The van der Waals surface area contributed by atoms with Crippen molar-refractivity contribution >= 4 is 17.8 Å². The van der Waals surface area contributed by atoms with Crippen molar-refractivity contribution in [1.29, 1.82) is 0 Å². The van der Waals surface area contributed by atoms with E-state index >= 15 is 0 Å². The smallest absolute Gasteiger partial charge is 0.308 e. The molecule has 1 saturated heterocycles. The molecule has 0 saturated carbocycles. The molecule has 1 aromatic carbocycles. The SMILES string of the molecule is COC(=O)C1CCN(C(=O)CCCCCNC(=O)c2ccccc2)CC1. The van der Waals surface area contributed by atoms with E-state index in [1.807, 2.05) is 23.1 Å². The first kappa shape index (κ1) is 19.9. The highest BCUT2D eigenvalue weighted by molar-refractivity contribution is 5.94. The summed E-state index contributed by atoms with van der Waals surface area (Å²) in [5.74, 6) is -0.149. The van der Waals surface area contributed by atoms with Crippen LogP contribution in [0.3, 0.4) is 0 Å². The minimum absolute atomic E-state index is 0.0600. The van der Waals surface area contributed by atoms with Gasteiger partial charge in [-0.3, -0.25) is 14.4 Å². The molecule has 1 aromatic rings. The number of esters is 1. The van der Waals surface area contributed by atoms with Crippen molar-refractivity contribution in [3.8, 4) is 0 Å². The van der Waals surface area contributed by atoms with Crippen molar-refractivity contribution in [1.82, 2.24) is 10.2 Å². The number of ether oxygens (including phenoxy) is 1. The van der Waals surface area contributed by atoms with E-state index in [2.05, 4.69) is 5.32 Å². The second kappa shape index (κ2) is 10.6. The van der Waals surface area contributed by atoms with Gasteiger partial charge in [0.05, 0.1) is 13.0 Å². The maximum Gasteiger partial charge on any atom is 0.308 e. The molecule has 0 aliphatic carbocycles. The standard InChI is InChI=1S/C20H28N2O4/c1-26-20(25)17-11-14-22(15-12-17)18(23)10-6-3-7-13-21-19(24)16-8-4-2-5-9-16/h2,4-5,8-9,17H,3,6-7,10-15H2,1H3,(H,21,24). The maximum absolute atomic E-state index is 12.2. The number of hydrogen-bond donors (Lipinski definition) is 1. The Morgan fingerprint density at radius 3 is 2.42 bits per heavy atom. The zero-order valence-corrected chi connectivity index (χ0v) is 15.4. The van der Waals surface area contributed by atoms with Crippen molar-refractivity contribution in [3.05, 3.63) is 35.9 Å². The Morgan fingerprint density at radius 2 is 1.77 bits per heavy atom. The van der Waals surface area contributed by atoms with E-state index in [1.54, 1.807) is 12.1 Å². The van der Waals surface area contributed by atoms with Crippen LogP contribution >= 0.6 is 0 Å². The van der Waals surface area contributed by atoms with Crippen LogP contribution in [0.4, 0.5) is 0 Å². The second-order valence-electron chi connectivity index (χ2n) is 6.61. The first-order valence-corrected chi connectivity index (χ1v) is 9.30. The zero-order valence-electron chi connectivity index (χ0n) is 15.4. The number of methoxy groups -OCH3 is 1. The summed E-state index contributed by atoms with van der Waals surface area (Å²) in [5, 5.41) is 2.89. The Kier molecular flexibility index (Phi) is 8.12. The predicted octanol–water partition coefficient (Wildman–Crippen LogP) is 2.39. The third kappa shape index (κ3) is 6.17. The number of likely N-dealkylation sites (tertiary alicyclic amines) is 1. The van der Waals surface area contributed by atoms with Crippen LogP contribution in [0.5, 0.6) is 0 Å². The van der Waals surface area contributed by atoms with Gasteiger partial charge in [-0.05, 0) is 37.8 Å². The van der Waals surface area contributed by atoms with Crippen molar-refractivity contribution in [2.45, 2.75) is 38.5 Å². The molecule has 1 heterocycles. The molecule has 0 unspecified atom stereocenters. The number of carbonyl (C=O) groups is 3. The molecule has 142 valence electrons. The van der Waals surface area contributed by atoms with E-state index in [0.29, 0.717) is 44.5 Å². The first-order chi connectivity index (χ1) is 12.6. The van der Waals surface area contributed by atoms with Crippen molar-refractivity contribution in [2.75, 3.05) is 26.7 Å². The summed E-state index contributed by atoms with van der Waals surface area (Å²) in [5.41, 5.74) is 0.665.